The van der Waals surface area contributed by atoms with Crippen LogP contribution < -0.4 is 0 Å². The number of nitrogens with zero attached hydrogens (tertiary/aromatic N) is 1. The van der Waals surface area contributed by atoms with Crippen molar-refractivity contribution >= 4 is 16.9 Å². The molecule has 1 heterocycles. The Hall–Kier alpha value is -2.55. The number of amides is 1. The molecule has 0 atom stereocenters. The summed E-state index contributed by atoms with van der Waals surface area (Å²) in [4.78, 5) is 14.2. The molecule has 3 nitrogen and oxygen atoms in total. The van der Waals surface area contributed by atoms with Crippen LogP contribution in [0.25, 0.3) is 11.0 Å². The van der Waals surface area contributed by atoms with E-state index in [2.05, 4.69) is 32.0 Å². The topological polar surface area (TPSA) is 33.5 Å². The van der Waals surface area contributed by atoms with Crippen LogP contribution in [0.4, 0.5) is 0 Å². The van der Waals surface area contributed by atoms with E-state index >= 15 is 0 Å². The van der Waals surface area contributed by atoms with Gasteiger partial charge in [-0.15, -0.1) is 0 Å². The van der Waals surface area contributed by atoms with Gasteiger partial charge < -0.3 is 9.32 Å². The molecule has 0 aliphatic heterocycles. The molecule has 0 aliphatic rings. The molecule has 1 amide bonds. The van der Waals surface area contributed by atoms with Gasteiger partial charge in [0, 0.05) is 19.0 Å². The molecule has 0 saturated carbocycles. The van der Waals surface area contributed by atoms with Crippen LogP contribution in [0.1, 0.15) is 27.2 Å². The maximum absolute atomic E-state index is 12.5. The first kappa shape index (κ1) is 14.4. The molecule has 0 unspecified atom stereocenters. The van der Waals surface area contributed by atoms with Crippen molar-refractivity contribution in [1.29, 1.82) is 0 Å². The molecular formula is C19H19NO2. The predicted molar refractivity (Wildman–Crippen MR) is 87.9 cm³/mol. The van der Waals surface area contributed by atoms with Crippen molar-refractivity contribution in [3.8, 4) is 0 Å². The minimum Gasteiger partial charge on any atom is -0.451 e. The van der Waals surface area contributed by atoms with Crippen LogP contribution >= 0.6 is 0 Å². The molecule has 0 aliphatic carbocycles. The molecule has 0 radical (unpaired) electrons. The predicted octanol–water partition coefficient (Wildman–Crippen LogP) is 4.32. The first-order valence-electron chi connectivity index (χ1n) is 7.35. The van der Waals surface area contributed by atoms with Gasteiger partial charge >= 0.3 is 0 Å². The third-order valence-corrected chi connectivity index (χ3v) is 3.89. The van der Waals surface area contributed by atoms with Gasteiger partial charge in [0.15, 0.2) is 5.76 Å². The Morgan fingerprint density at radius 1 is 1.09 bits per heavy atom. The number of fused-ring (bicyclic) bond motifs is 1. The van der Waals surface area contributed by atoms with Crippen LogP contribution in [-0.2, 0) is 6.54 Å². The molecule has 0 N–H and O–H groups in total. The molecule has 0 saturated heterocycles. The maximum atomic E-state index is 12.5. The summed E-state index contributed by atoms with van der Waals surface area (Å²) in [5.74, 6) is 0.282. The second-order valence-corrected chi connectivity index (χ2v) is 5.74. The van der Waals surface area contributed by atoms with Crippen molar-refractivity contribution in [1.82, 2.24) is 4.90 Å². The summed E-state index contributed by atoms with van der Waals surface area (Å²) in [6.07, 6.45) is 0. The summed E-state index contributed by atoms with van der Waals surface area (Å²) in [5, 5.41) is 0.950. The Labute approximate surface area is 130 Å². The number of hydrogen-bond donors (Lipinski definition) is 0. The zero-order valence-electron chi connectivity index (χ0n) is 13.1. The van der Waals surface area contributed by atoms with Crippen LogP contribution in [0.15, 0.2) is 52.9 Å². The summed E-state index contributed by atoms with van der Waals surface area (Å²) in [6.45, 7) is 4.71. The summed E-state index contributed by atoms with van der Waals surface area (Å²) >= 11 is 0. The Morgan fingerprint density at radius 2 is 1.86 bits per heavy atom. The Balaban J connectivity index is 1.81. The lowest BCUT2D eigenvalue weighted by Crippen LogP contribution is -2.26. The highest BCUT2D eigenvalue weighted by Gasteiger charge is 2.17. The average molecular weight is 293 g/mol. The number of aryl methyl sites for hydroxylation is 2. The van der Waals surface area contributed by atoms with Gasteiger partial charge in [0.1, 0.15) is 5.58 Å². The molecule has 3 heteroatoms. The quantitative estimate of drug-likeness (QED) is 0.720. The number of carbonyl (C=O) groups excluding carboxylic acids is 1. The Kier molecular flexibility index (Phi) is 3.72. The summed E-state index contributed by atoms with van der Waals surface area (Å²) in [7, 11) is 1.80. The van der Waals surface area contributed by atoms with Crippen LogP contribution in [0.3, 0.4) is 0 Å². The van der Waals surface area contributed by atoms with Gasteiger partial charge in [-0.05, 0) is 37.1 Å². The summed E-state index contributed by atoms with van der Waals surface area (Å²) < 4.78 is 5.65. The highest BCUT2D eigenvalue weighted by Crippen LogP contribution is 2.21. The number of benzene rings is 2. The zero-order valence-corrected chi connectivity index (χ0v) is 13.1. The van der Waals surface area contributed by atoms with Gasteiger partial charge in [0.2, 0.25) is 0 Å². The largest absolute Gasteiger partial charge is 0.451 e. The van der Waals surface area contributed by atoms with Crippen molar-refractivity contribution < 1.29 is 9.21 Å². The molecule has 0 fully saturated rings. The van der Waals surface area contributed by atoms with Crippen molar-refractivity contribution in [2.45, 2.75) is 20.4 Å². The number of rotatable bonds is 3. The minimum absolute atomic E-state index is 0.101. The van der Waals surface area contributed by atoms with E-state index in [1.54, 1.807) is 18.0 Å². The zero-order chi connectivity index (χ0) is 15.7. The van der Waals surface area contributed by atoms with Crippen LogP contribution in [0.2, 0.25) is 0 Å². The molecule has 2 aromatic carbocycles. The molecule has 22 heavy (non-hydrogen) atoms. The molecule has 3 rings (SSSR count). The fourth-order valence-corrected chi connectivity index (χ4v) is 2.63. The van der Waals surface area contributed by atoms with Crippen molar-refractivity contribution in [3.05, 3.63) is 71.0 Å². The molecule has 1 aromatic heterocycles. The van der Waals surface area contributed by atoms with E-state index in [4.69, 9.17) is 4.42 Å². The highest BCUT2D eigenvalue weighted by atomic mass is 16.3. The highest BCUT2D eigenvalue weighted by molar-refractivity contribution is 5.95. The smallest absolute Gasteiger partial charge is 0.289 e. The van der Waals surface area contributed by atoms with Crippen LogP contribution in [0.5, 0.6) is 0 Å². The van der Waals surface area contributed by atoms with E-state index in [1.807, 2.05) is 24.3 Å². The minimum atomic E-state index is -0.101. The van der Waals surface area contributed by atoms with Crippen LogP contribution in [0, 0.1) is 13.8 Å². The van der Waals surface area contributed by atoms with Gasteiger partial charge in [0.25, 0.3) is 5.91 Å². The standard InChI is InChI=1S/C19H19NO2/c1-13-8-9-16(14(2)10-13)12-20(3)19(21)18-11-15-6-4-5-7-17(15)22-18/h4-11H,12H2,1-3H3. The molecular weight excluding hydrogens is 274 g/mol. The molecule has 0 bridgehead atoms. The third-order valence-electron chi connectivity index (χ3n) is 3.89. The van der Waals surface area contributed by atoms with Gasteiger partial charge in [-0.3, -0.25) is 4.79 Å². The van der Waals surface area contributed by atoms with E-state index in [-0.39, 0.29) is 5.91 Å². The first-order valence-corrected chi connectivity index (χ1v) is 7.35. The van der Waals surface area contributed by atoms with Crippen molar-refractivity contribution in [2.75, 3.05) is 7.05 Å². The fraction of sp³-hybridized carbons (Fsp3) is 0.211. The van der Waals surface area contributed by atoms with Crippen molar-refractivity contribution in [2.24, 2.45) is 0 Å². The monoisotopic (exact) mass is 293 g/mol. The molecule has 112 valence electrons. The Morgan fingerprint density at radius 3 is 2.59 bits per heavy atom. The lowest BCUT2D eigenvalue weighted by Gasteiger charge is -2.17. The lowest BCUT2D eigenvalue weighted by molar-refractivity contribution is 0.0755. The normalized spacial score (nSPS) is 10.9. The van der Waals surface area contributed by atoms with Gasteiger partial charge in [-0.1, -0.05) is 42.0 Å². The van der Waals surface area contributed by atoms with E-state index in [0.29, 0.717) is 12.3 Å². The third kappa shape index (κ3) is 2.75. The van der Waals surface area contributed by atoms with Gasteiger partial charge in [-0.2, -0.15) is 0 Å². The van der Waals surface area contributed by atoms with E-state index < -0.39 is 0 Å². The second kappa shape index (κ2) is 5.68. The lowest BCUT2D eigenvalue weighted by atomic mass is 10.1. The fourth-order valence-electron chi connectivity index (χ4n) is 2.63. The molecule has 0 spiro atoms. The van der Waals surface area contributed by atoms with Gasteiger partial charge in [-0.25, -0.2) is 0 Å². The summed E-state index contributed by atoms with van der Waals surface area (Å²) in [5.41, 5.74) is 4.32. The second-order valence-electron chi connectivity index (χ2n) is 5.74. The number of furan rings is 1. The average Bonchev–Trinajstić information content (AvgIpc) is 2.93. The van der Waals surface area contributed by atoms with E-state index in [9.17, 15) is 4.79 Å². The first-order chi connectivity index (χ1) is 10.5. The number of carbonyl (C=O) groups is 1. The van der Waals surface area contributed by atoms with Gasteiger partial charge in [0.05, 0.1) is 0 Å². The van der Waals surface area contributed by atoms with Crippen LogP contribution in [-0.4, -0.2) is 17.9 Å². The molecule has 3 aromatic rings. The SMILES string of the molecule is Cc1ccc(CN(C)C(=O)c2cc3ccccc3o2)c(C)c1. The van der Waals surface area contributed by atoms with E-state index in [0.717, 1.165) is 16.5 Å². The summed E-state index contributed by atoms with van der Waals surface area (Å²) in [6, 6.07) is 15.7. The Bertz CT molecular complexity index is 799. The van der Waals surface area contributed by atoms with Crippen molar-refractivity contribution in [3.63, 3.8) is 0 Å². The van der Waals surface area contributed by atoms with E-state index in [1.165, 1.54) is 11.1 Å². The maximum Gasteiger partial charge on any atom is 0.289 e. The number of para-hydroxylation sites is 1. The number of hydrogen-bond acceptors (Lipinski definition) is 2.